The quantitative estimate of drug-likeness (QED) is 0.733. The molecule has 1 fully saturated rings. The number of halogens is 1. The Morgan fingerprint density at radius 3 is 3.00 bits per heavy atom. The van der Waals surface area contributed by atoms with Crippen LogP contribution in [0.4, 0.5) is 0 Å². The Labute approximate surface area is 107 Å². The molecule has 1 aliphatic heterocycles. The molecule has 2 rings (SSSR count). The van der Waals surface area contributed by atoms with Gasteiger partial charge < -0.3 is 9.84 Å². The van der Waals surface area contributed by atoms with E-state index in [9.17, 15) is 14.7 Å². The molecule has 2 N–H and O–H groups in total. The van der Waals surface area contributed by atoms with Crippen LogP contribution >= 0.6 is 11.6 Å². The summed E-state index contributed by atoms with van der Waals surface area (Å²) < 4.78 is 6.67. The van der Waals surface area contributed by atoms with Gasteiger partial charge in [-0.15, -0.1) is 6.42 Å². The number of aromatic nitrogens is 2. The molecule has 2 unspecified atom stereocenters. The van der Waals surface area contributed by atoms with Crippen molar-refractivity contribution in [2.45, 2.75) is 24.7 Å². The normalized spacial score (nSPS) is 27.1. The van der Waals surface area contributed by atoms with E-state index < -0.39 is 23.1 Å². The number of aliphatic hydroxyl groups excluding tert-OH is 1. The molecule has 2 atom stereocenters. The van der Waals surface area contributed by atoms with Crippen molar-refractivity contribution in [3.05, 3.63) is 32.1 Å². The Kier molecular flexibility index (Phi) is 3.30. The number of aromatic amines is 1. The summed E-state index contributed by atoms with van der Waals surface area (Å²) in [7, 11) is 0. The molecular weight excluding hydrogens is 260 g/mol. The van der Waals surface area contributed by atoms with Gasteiger partial charge in [-0.05, 0) is 12.8 Å². The number of nitrogens with one attached hydrogen (secondary N) is 1. The Morgan fingerprint density at radius 1 is 1.72 bits per heavy atom. The predicted molar refractivity (Wildman–Crippen MR) is 64.3 cm³/mol. The summed E-state index contributed by atoms with van der Waals surface area (Å²) in [5.41, 5.74) is -2.35. The van der Waals surface area contributed by atoms with Gasteiger partial charge in [0.2, 0.25) is 0 Å². The van der Waals surface area contributed by atoms with E-state index in [1.54, 1.807) is 0 Å². The van der Waals surface area contributed by atoms with Gasteiger partial charge in [0, 0.05) is 6.20 Å². The maximum Gasteiger partial charge on any atom is 0.330 e. The molecular formula is C11H11ClN2O4. The number of terminal acetylenes is 1. The van der Waals surface area contributed by atoms with Crippen molar-refractivity contribution >= 4 is 11.6 Å². The van der Waals surface area contributed by atoms with Gasteiger partial charge in [-0.25, -0.2) is 4.79 Å². The minimum Gasteiger partial charge on any atom is -0.392 e. The molecule has 6 nitrogen and oxygen atoms in total. The summed E-state index contributed by atoms with van der Waals surface area (Å²) in [6.07, 6.45) is 6.74. The standard InChI is InChI=1S/C11H11ClN2O4/c1-2-11(6-15)4-3-8(18-11)14-5-7(12)9(16)13-10(14)17/h1,5,8,15H,3-4,6H2,(H,13,16,17). The van der Waals surface area contributed by atoms with Crippen molar-refractivity contribution in [2.24, 2.45) is 0 Å². The van der Waals surface area contributed by atoms with Crippen molar-refractivity contribution < 1.29 is 9.84 Å². The molecule has 0 spiro atoms. The Balaban J connectivity index is 2.36. The van der Waals surface area contributed by atoms with Crippen LogP contribution in [-0.4, -0.2) is 26.9 Å². The second kappa shape index (κ2) is 4.61. The summed E-state index contributed by atoms with van der Waals surface area (Å²) in [5, 5.41) is 9.10. The van der Waals surface area contributed by atoms with E-state index in [0.29, 0.717) is 12.8 Å². The highest BCUT2D eigenvalue weighted by atomic mass is 35.5. The van der Waals surface area contributed by atoms with E-state index in [4.69, 9.17) is 22.8 Å². The molecule has 0 amide bonds. The van der Waals surface area contributed by atoms with Gasteiger partial charge in [-0.3, -0.25) is 14.3 Å². The van der Waals surface area contributed by atoms with E-state index in [1.165, 1.54) is 10.8 Å². The molecule has 96 valence electrons. The first-order chi connectivity index (χ1) is 8.51. The largest absolute Gasteiger partial charge is 0.392 e. The number of H-pyrrole nitrogens is 1. The van der Waals surface area contributed by atoms with Gasteiger partial charge in [0.1, 0.15) is 11.3 Å². The minimum atomic E-state index is -1.08. The molecule has 1 aromatic rings. The molecule has 0 radical (unpaired) electrons. The second-order valence-corrected chi connectivity index (χ2v) is 4.46. The van der Waals surface area contributed by atoms with E-state index in [1.807, 2.05) is 0 Å². The summed E-state index contributed by atoms with van der Waals surface area (Å²) in [6.45, 7) is -0.328. The molecule has 0 aliphatic carbocycles. The first kappa shape index (κ1) is 12.9. The van der Waals surface area contributed by atoms with Gasteiger partial charge >= 0.3 is 5.69 Å². The van der Waals surface area contributed by atoms with Crippen molar-refractivity contribution in [2.75, 3.05) is 6.61 Å². The van der Waals surface area contributed by atoms with Crippen LogP contribution in [0.1, 0.15) is 19.1 Å². The molecule has 18 heavy (non-hydrogen) atoms. The summed E-state index contributed by atoms with van der Waals surface area (Å²) in [6, 6.07) is 0. The van der Waals surface area contributed by atoms with Gasteiger partial charge in [-0.1, -0.05) is 17.5 Å². The van der Waals surface area contributed by atoms with Crippen LogP contribution < -0.4 is 11.2 Å². The third-order valence-electron chi connectivity index (χ3n) is 2.91. The Hall–Kier alpha value is -1.55. The molecule has 0 saturated carbocycles. The van der Waals surface area contributed by atoms with Crippen molar-refractivity contribution in [1.29, 1.82) is 0 Å². The lowest BCUT2D eigenvalue weighted by Crippen LogP contribution is -2.35. The lowest BCUT2D eigenvalue weighted by molar-refractivity contribution is -0.0649. The molecule has 2 heterocycles. The minimum absolute atomic E-state index is 0.111. The summed E-state index contributed by atoms with van der Waals surface area (Å²) >= 11 is 5.65. The smallest absolute Gasteiger partial charge is 0.330 e. The second-order valence-electron chi connectivity index (χ2n) is 4.05. The number of rotatable bonds is 2. The zero-order valence-corrected chi connectivity index (χ0v) is 10.1. The topological polar surface area (TPSA) is 84.3 Å². The number of aliphatic hydroxyl groups is 1. The van der Waals surface area contributed by atoms with E-state index in [0.717, 1.165) is 0 Å². The van der Waals surface area contributed by atoms with Gasteiger partial charge in [0.05, 0.1) is 6.61 Å². The van der Waals surface area contributed by atoms with Crippen LogP contribution in [-0.2, 0) is 4.74 Å². The average molecular weight is 271 g/mol. The zero-order valence-electron chi connectivity index (χ0n) is 9.35. The zero-order chi connectivity index (χ0) is 13.3. The van der Waals surface area contributed by atoms with Gasteiger partial charge in [0.25, 0.3) is 5.56 Å². The fraction of sp³-hybridized carbons (Fsp3) is 0.455. The monoisotopic (exact) mass is 270 g/mol. The summed E-state index contributed by atoms with van der Waals surface area (Å²) in [5.74, 6) is 2.38. The third kappa shape index (κ3) is 2.08. The molecule has 0 bridgehead atoms. The maximum absolute atomic E-state index is 11.6. The molecule has 0 aromatic carbocycles. The van der Waals surface area contributed by atoms with Crippen LogP contribution in [0, 0.1) is 12.3 Å². The van der Waals surface area contributed by atoms with Gasteiger partial charge in [0.15, 0.2) is 5.60 Å². The lowest BCUT2D eigenvalue weighted by atomic mass is 10.0. The molecule has 1 aromatic heterocycles. The SMILES string of the molecule is C#CC1(CO)CCC(n2cc(Cl)c(=O)[nH]c2=O)O1. The van der Waals surface area contributed by atoms with Crippen LogP contribution in [0.2, 0.25) is 5.02 Å². The predicted octanol–water partition coefficient (Wildman–Crippen LogP) is -0.137. The highest BCUT2D eigenvalue weighted by Crippen LogP contribution is 2.35. The van der Waals surface area contributed by atoms with E-state index in [2.05, 4.69) is 10.9 Å². The molecule has 1 aliphatic rings. The highest BCUT2D eigenvalue weighted by Gasteiger charge is 2.39. The number of nitrogens with zero attached hydrogens (tertiary/aromatic N) is 1. The van der Waals surface area contributed by atoms with Crippen molar-refractivity contribution in [3.8, 4) is 12.3 Å². The number of hydrogen-bond donors (Lipinski definition) is 2. The fourth-order valence-electron chi connectivity index (χ4n) is 1.87. The average Bonchev–Trinajstić information content (AvgIpc) is 2.79. The van der Waals surface area contributed by atoms with Crippen molar-refractivity contribution in [3.63, 3.8) is 0 Å². The molecule has 7 heteroatoms. The van der Waals surface area contributed by atoms with Crippen LogP contribution in [0.15, 0.2) is 15.8 Å². The third-order valence-corrected chi connectivity index (χ3v) is 3.18. The fourth-order valence-corrected chi connectivity index (χ4v) is 2.03. The lowest BCUT2D eigenvalue weighted by Gasteiger charge is -2.21. The van der Waals surface area contributed by atoms with Crippen LogP contribution in [0.3, 0.4) is 0 Å². The van der Waals surface area contributed by atoms with E-state index in [-0.39, 0.29) is 11.6 Å². The van der Waals surface area contributed by atoms with Crippen LogP contribution in [0.5, 0.6) is 0 Å². The van der Waals surface area contributed by atoms with Crippen LogP contribution in [0.25, 0.3) is 0 Å². The first-order valence-corrected chi connectivity index (χ1v) is 5.66. The molecule has 1 saturated heterocycles. The first-order valence-electron chi connectivity index (χ1n) is 5.29. The Morgan fingerprint density at radius 2 is 2.44 bits per heavy atom. The van der Waals surface area contributed by atoms with Crippen molar-refractivity contribution in [1.82, 2.24) is 9.55 Å². The number of ether oxygens (including phenoxy) is 1. The number of hydrogen-bond acceptors (Lipinski definition) is 4. The van der Waals surface area contributed by atoms with E-state index >= 15 is 0 Å². The maximum atomic E-state index is 11.6. The van der Waals surface area contributed by atoms with Gasteiger partial charge in [-0.2, -0.15) is 0 Å². The Bertz CT molecular complexity index is 615. The summed E-state index contributed by atoms with van der Waals surface area (Å²) in [4.78, 5) is 24.8. The highest BCUT2D eigenvalue weighted by molar-refractivity contribution is 6.30.